The third kappa shape index (κ3) is 2.58. The highest BCUT2D eigenvalue weighted by Crippen LogP contribution is 2.18. The lowest BCUT2D eigenvalue weighted by molar-refractivity contribution is -0.143. The normalized spacial score (nSPS) is 16.8. The van der Waals surface area contributed by atoms with Crippen molar-refractivity contribution in [3.8, 4) is 0 Å². The summed E-state index contributed by atoms with van der Waals surface area (Å²) < 4.78 is 0. The van der Waals surface area contributed by atoms with Gasteiger partial charge in [-0.1, -0.05) is 0 Å². The van der Waals surface area contributed by atoms with Gasteiger partial charge in [0.25, 0.3) is 5.91 Å². The van der Waals surface area contributed by atoms with Crippen molar-refractivity contribution in [2.45, 2.75) is 12.8 Å². The molecule has 6 nitrogen and oxygen atoms in total. The Kier molecular flexibility index (Phi) is 3.32. The highest BCUT2D eigenvalue weighted by atomic mass is 16.4. The number of likely N-dealkylation sites (tertiary alicyclic amines) is 1. The Morgan fingerprint density at radius 2 is 1.82 bits per heavy atom. The van der Waals surface area contributed by atoms with Gasteiger partial charge < -0.3 is 10.0 Å². The summed E-state index contributed by atoms with van der Waals surface area (Å²) in [5.41, 5.74) is 0.446. The lowest BCUT2D eigenvalue weighted by Crippen LogP contribution is -2.40. The summed E-state index contributed by atoms with van der Waals surface area (Å²) >= 11 is 0. The zero-order valence-electron chi connectivity index (χ0n) is 9.24. The number of hydrogen-bond acceptors (Lipinski definition) is 4. The van der Waals surface area contributed by atoms with Gasteiger partial charge >= 0.3 is 5.97 Å². The second-order valence-corrected chi connectivity index (χ2v) is 4.03. The Bertz CT molecular complexity index is 413. The summed E-state index contributed by atoms with van der Waals surface area (Å²) in [7, 11) is 0. The summed E-state index contributed by atoms with van der Waals surface area (Å²) in [6.45, 7) is 0.954. The van der Waals surface area contributed by atoms with Gasteiger partial charge in [0.15, 0.2) is 0 Å². The topological polar surface area (TPSA) is 83.4 Å². The molecule has 90 valence electrons. The summed E-state index contributed by atoms with van der Waals surface area (Å²) in [5.74, 6) is -1.24. The average molecular weight is 235 g/mol. The fourth-order valence-corrected chi connectivity index (χ4v) is 1.92. The molecule has 0 saturated carbocycles. The van der Waals surface area contributed by atoms with Gasteiger partial charge in [0, 0.05) is 25.5 Å². The predicted molar refractivity (Wildman–Crippen MR) is 58.3 cm³/mol. The molecule has 1 N–H and O–H groups in total. The number of piperidine rings is 1. The number of carbonyl (C=O) groups excluding carboxylic acids is 1. The third-order valence-electron chi connectivity index (χ3n) is 2.94. The maximum Gasteiger partial charge on any atom is 0.306 e. The fourth-order valence-electron chi connectivity index (χ4n) is 1.92. The highest BCUT2D eigenvalue weighted by molar-refractivity contribution is 5.93. The van der Waals surface area contributed by atoms with Gasteiger partial charge in [-0.2, -0.15) is 0 Å². The minimum atomic E-state index is -0.778. The van der Waals surface area contributed by atoms with Crippen molar-refractivity contribution in [2.75, 3.05) is 13.1 Å². The zero-order valence-corrected chi connectivity index (χ0v) is 9.24. The average Bonchev–Trinajstić information content (AvgIpc) is 2.39. The molecule has 1 aromatic heterocycles. The van der Waals surface area contributed by atoms with Crippen LogP contribution in [0.2, 0.25) is 0 Å². The number of rotatable bonds is 2. The molecule has 0 aromatic carbocycles. The molecule has 17 heavy (non-hydrogen) atoms. The van der Waals surface area contributed by atoms with E-state index in [2.05, 4.69) is 9.97 Å². The first-order valence-electron chi connectivity index (χ1n) is 5.45. The van der Waals surface area contributed by atoms with E-state index < -0.39 is 5.97 Å². The van der Waals surface area contributed by atoms with Crippen molar-refractivity contribution in [1.82, 2.24) is 14.9 Å². The number of carboxylic acids is 1. The van der Waals surface area contributed by atoms with Crippen LogP contribution in [0.5, 0.6) is 0 Å². The monoisotopic (exact) mass is 235 g/mol. The SMILES string of the molecule is O=C(O)C1CCN(C(=O)c2cncnc2)CC1. The van der Waals surface area contributed by atoms with Crippen LogP contribution in [0.3, 0.4) is 0 Å². The van der Waals surface area contributed by atoms with E-state index in [1.165, 1.54) is 18.7 Å². The first kappa shape index (κ1) is 11.5. The quantitative estimate of drug-likeness (QED) is 0.802. The molecule has 0 spiro atoms. The van der Waals surface area contributed by atoms with Crippen LogP contribution in [0, 0.1) is 5.92 Å². The van der Waals surface area contributed by atoms with E-state index in [1.807, 2.05) is 0 Å². The fraction of sp³-hybridized carbons (Fsp3) is 0.455. The Balaban J connectivity index is 1.98. The summed E-state index contributed by atoms with van der Waals surface area (Å²) in [6, 6.07) is 0. The molecule has 1 aliphatic heterocycles. The van der Waals surface area contributed by atoms with Gasteiger partial charge in [0.1, 0.15) is 6.33 Å². The van der Waals surface area contributed by atoms with Gasteiger partial charge in [-0.05, 0) is 12.8 Å². The standard InChI is InChI=1S/C11H13N3O3/c15-10(9-5-12-7-13-6-9)14-3-1-8(2-4-14)11(16)17/h5-8H,1-4H2,(H,16,17). The van der Waals surface area contributed by atoms with E-state index in [1.54, 1.807) is 4.90 Å². The van der Waals surface area contributed by atoms with Gasteiger partial charge in [-0.15, -0.1) is 0 Å². The second-order valence-electron chi connectivity index (χ2n) is 4.03. The minimum absolute atomic E-state index is 0.130. The largest absolute Gasteiger partial charge is 0.481 e. The van der Waals surface area contributed by atoms with E-state index in [0.29, 0.717) is 31.5 Å². The molecule has 0 bridgehead atoms. The molecular formula is C11H13N3O3. The molecule has 0 atom stereocenters. The number of hydrogen-bond donors (Lipinski definition) is 1. The second kappa shape index (κ2) is 4.90. The van der Waals surface area contributed by atoms with Crippen LogP contribution < -0.4 is 0 Å². The number of aromatic nitrogens is 2. The lowest BCUT2D eigenvalue weighted by atomic mass is 9.97. The van der Waals surface area contributed by atoms with Gasteiger partial charge in [-0.3, -0.25) is 9.59 Å². The molecule has 1 saturated heterocycles. The van der Waals surface area contributed by atoms with Crippen molar-refractivity contribution in [3.63, 3.8) is 0 Å². The van der Waals surface area contributed by atoms with Crippen molar-refractivity contribution in [1.29, 1.82) is 0 Å². The highest BCUT2D eigenvalue weighted by Gasteiger charge is 2.27. The van der Waals surface area contributed by atoms with E-state index in [-0.39, 0.29) is 11.8 Å². The number of carboxylic acid groups (broad SMARTS) is 1. The maximum atomic E-state index is 12.0. The molecule has 1 aromatic rings. The Hall–Kier alpha value is -1.98. The van der Waals surface area contributed by atoms with Crippen LogP contribution in [-0.4, -0.2) is 44.9 Å². The minimum Gasteiger partial charge on any atom is -0.481 e. The van der Waals surface area contributed by atoms with Crippen LogP contribution >= 0.6 is 0 Å². The van der Waals surface area contributed by atoms with E-state index in [4.69, 9.17) is 5.11 Å². The first-order valence-corrected chi connectivity index (χ1v) is 5.45. The first-order chi connectivity index (χ1) is 8.18. The Morgan fingerprint density at radius 3 is 2.35 bits per heavy atom. The Morgan fingerprint density at radius 1 is 1.24 bits per heavy atom. The predicted octanol–water partition coefficient (Wildman–Crippen LogP) is 0.413. The zero-order chi connectivity index (χ0) is 12.3. The smallest absolute Gasteiger partial charge is 0.306 e. The van der Waals surface area contributed by atoms with Crippen LogP contribution in [-0.2, 0) is 4.79 Å². The van der Waals surface area contributed by atoms with E-state index >= 15 is 0 Å². The number of aliphatic carboxylic acids is 1. The molecular weight excluding hydrogens is 222 g/mol. The molecule has 1 amide bonds. The number of carbonyl (C=O) groups is 2. The maximum absolute atomic E-state index is 12.0. The van der Waals surface area contributed by atoms with Gasteiger partial charge in [0.2, 0.25) is 0 Å². The van der Waals surface area contributed by atoms with Crippen LogP contribution in [0.1, 0.15) is 23.2 Å². The number of nitrogens with zero attached hydrogens (tertiary/aromatic N) is 3. The number of amides is 1. The van der Waals surface area contributed by atoms with Crippen LogP contribution in [0.15, 0.2) is 18.7 Å². The van der Waals surface area contributed by atoms with Crippen molar-refractivity contribution in [3.05, 3.63) is 24.3 Å². The summed E-state index contributed by atoms with van der Waals surface area (Å²) in [6.07, 6.45) is 5.33. The third-order valence-corrected chi connectivity index (χ3v) is 2.94. The van der Waals surface area contributed by atoms with Crippen LogP contribution in [0.25, 0.3) is 0 Å². The molecule has 2 rings (SSSR count). The molecule has 1 fully saturated rings. The molecule has 0 aliphatic carbocycles. The van der Waals surface area contributed by atoms with Gasteiger partial charge in [0.05, 0.1) is 11.5 Å². The van der Waals surface area contributed by atoms with Gasteiger partial charge in [-0.25, -0.2) is 9.97 Å². The van der Waals surface area contributed by atoms with E-state index in [0.717, 1.165) is 0 Å². The Labute approximate surface area is 98.3 Å². The summed E-state index contributed by atoms with van der Waals surface area (Å²) in [4.78, 5) is 32.0. The molecule has 6 heteroatoms. The van der Waals surface area contributed by atoms with E-state index in [9.17, 15) is 9.59 Å². The van der Waals surface area contributed by atoms with Crippen LogP contribution in [0.4, 0.5) is 0 Å². The molecule has 1 aliphatic rings. The molecule has 0 radical (unpaired) electrons. The van der Waals surface area contributed by atoms with Crippen molar-refractivity contribution < 1.29 is 14.7 Å². The van der Waals surface area contributed by atoms with Crippen molar-refractivity contribution >= 4 is 11.9 Å². The lowest BCUT2D eigenvalue weighted by Gasteiger charge is -2.29. The molecule has 2 heterocycles. The van der Waals surface area contributed by atoms with Crippen molar-refractivity contribution in [2.24, 2.45) is 5.92 Å². The summed E-state index contributed by atoms with van der Waals surface area (Å²) in [5, 5.41) is 8.86. The molecule has 0 unspecified atom stereocenters.